The summed E-state index contributed by atoms with van der Waals surface area (Å²) in [6.07, 6.45) is -4.89. The zero-order valence-corrected chi connectivity index (χ0v) is 8.33. The molecule has 0 heterocycles. The van der Waals surface area contributed by atoms with Crippen LogP contribution < -0.4 is 0 Å². The van der Waals surface area contributed by atoms with Crippen LogP contribution in [0.3, 0.4) is 0 Å². The molecule has 0 bridgehead atoms. The van der Waals surface area contributed by atoms with Crippen LogP contribution >= 0.6 is 0 Å². The van der Waals surface area contributed by atoms with E-state index in [2.05, 4.69) is 0 Å². The Morgan fingerprint density at radius 1 is 1.07 bits per heavy atom. The van der Waals surface area contributed by atoms with Gasteiger partial charge in [-0.1, -0.05) is 0 Å². The lowest BCUT2D eigenvalue weighted by Gasteiger charge is -2.27. The smallest absolute Gasteiger partial charge is 0.111 e. The molecule has 0 fully saturated rings. The molecule has 0 saturated carbocycles. The zero-order chi connectivity index (χ0) is 11.1. The number of ether oxygens (including phenoxy) is 2. The van der Waals surface area contributed by atoms with Crippen LogP contribution in [0.1, 0.15) is 0 Å². The van der Waals surface area contributed by atoms with Gasteiger partial charge in [0.2, 0.25) is 0 Å². The summed E-state index contributed by atoms with van der Waals surface area (Å²) in [4.78, 5) is 0. The average Bonchev–Trinajstić information content (AvgIpc) is 2.22. The van der Waals surface area contributed by atoms with Crippen molar-refractivity contribution in [3.05, 3.63) is 0 Å². The van der Waals surface area contributed by atoms with Gasteiger partial charge in [-0.25, -0.2) is 0 Å². The first-order valence-corrected chi connectivity index (χ1v) is 4.25. The van der Waals surface area contributed by atoms with Crippen LogP contribution in [-0.4, -0.2) is 72.3 Å². The van der Waals surface area contributed by atoms with Gasteiger partial charge in [0.25, 0.3) is 0 Å². The minimum absolute atomic E-state index is 0.0902. The summed E-state index contributed by atoms with van der Waals surface area (Å²) in [5, 5.41) is 36.4. The van der Waals surface area contributed by atoms with Gasteiger partial charge >= 0.3 is 0 Å². The van der Waals surface area contributed by atoms with Gasteiger partial charge in [0.15, 0.2) is 0 Å². The Morgan fingerprint density at radius 2 is 1.64 bits per heavy atom. The quantitative estimate of drug-likeness (QED) is 0.378. The van der Waals surface area contributed by atoms with E-state index in [9.17, 15) is 10.2 Å². The number of methoxy groups -OCH3 is 2. The van der Waals surface area contributed by atoms with E-state index in [0.717, 1.165) is 0 Å². The number of aliphatic hydroxyl groups is 4. The molecule has 0 spiro atoms. The van der Waals surface area contributed by atoms with E-state index in [0.29, 0.717) is 0 Å². The van der Waals surface area contributed by atoms with E-state index in [1.807, 2.05) is 0 Å². The van der Waals surface area contributed by atoms with E-state index in [-0.39, 0.29) is 6.61 Å². The molecule has 0 unspecified atom stereocenters. The standard InChI is InChI=1S/C8H18O6/c1-13-4-6(14-2)8(12)7(11)5(10)3-9/h5-12H,3-4H2,1-2H3/t5-,6-,7-,8-/m1/s1. The monoisotopic (exact) mass is 210 g/mol. The fourth-order valence-corrected chi connectivity index (χ4v) is 1.03. The van der Waals surface area contributed by atoms with Crippen LogP contribution in [0.5, 0.6) is 0 Å². The second-order valence-electron chi connectivity index (χ2n) is 2.96. The molecule has 0 aliphatic carbocycles. The van der Waals surface area contributed by atoms with E-state index < -0.39 is 31.0 Å². The normalized spacial score (nSPS) is 20.1. The molecular weight excluding hydrogens is 192 g/mol. The van der Waals surface area contributed by atoms with E-state index >= 15 is 0 Å². The Bertz CT molecular complexity index is 140. The molecular formula is C8H18O6. The van der Waals surface area contributed by atoms with Crippen molar-refractivity contribution in [2.24, 2.45) is 0 Å². The van der Waals surface area contributed by atoms with Crippen LogP contribution in [0, 0.1) is 0 Å². The van der Waals surface area contributed by atoms with Crippen molar-refractivity contribution in [3.63, 3.8) is 0 Å². The van der Waals surface area contributed by atoms with Crippen LogP contribution in [0.15, 0.2) is 0 Å². The first-order chi connectivity index (χ1) is 6.58. The summed E-state index contributed by atoms with van der Waals surface area (Å²) in [5.41, 5.74) is 0. The molecule has 4 atom stereocenters. The highest BCUT2D eigenvalue weighted by Gasteiger charge is 2.30. The average molecular weight is 210 g/mol. The molecule has 0 aliphatic heterocycles. The van der Waals surface area contributed by atoms with Gasteiger partial charge in [-0.15, -0.1) is 0 Å². The van der Waals surface area contributed by atoms with Crippen LogP contribution in [0.4, 0.5) is 0 Å². The summed E-state index contributed by atoms with van der Waals surface area (Å²) >= 11 is 0. The molecule has 0 amide bonds. The molecule has 0 rings (SSSR count). The van der Waals surface area contributed by atoms with Gasteiger partial charge in [0.1, 0.15) is 24.4 Å². The van der Waals surface area contributed by atoms with Crippen molar-refractivity contribution in [2.45, 2.75) is 24.4 Å². The fourth-order valence-electron chi connectivity index (χ4n) is 1.03. The topological polar surface area (TPSA) is 99.4 Å². The molecule has 0 aromatic heterocycles. The van der Waals surface area contributed by atoms with Crippen LogP contribution in [0.2, 0.25) is 0 Å². The highest BCUT2D eigenvalue weighted by molar-refractivity contribution is 4.81. The second kappa shape index (κ2) is 7.10. The predicted octanol–water partition coefficient (Wildman–Crippen LogP) is -2.28. The summed E-state index contributed by atoms with van der Waals surface area (Å²) in [7, 11) is 2.78. The second-order valence-corrected chi connectivity index (χ2v) is 2.96. The van der Waals surface area contributed by atoms with Crippen molar-refractivity contribution in [3.8, 4) is 0 Å². The van der Waals surface area contributed by atoms with Crippen molar-refractivity contribution in [1.29, 1.82) is 0 Å². The van der Waals surface area contributed by atoms with E-state index in [1.165, 1.54) is 14.2 Å². The molecule has 4 N–H and O–H groups in total. The van der Waals surface area contributed by atoms with Gasteiger partial charge in [-0.05, 0) is 0 Å². The highest BCUT2D eigenvalue weighted by atomic mass is 16.5. The molecule has 6 heteroatoms. The molecule has 0 saturated heterocycles. The highest BCUT2D eigenvalue weighted by Crippen LogP contribution is 2.07. The van der Waals surface area contributed by atoms with Gasteiger partial charge in [0.05, 0.1) is 13.2 Å². The Morgan fingerprint density at radius 3 is 2.00 bits per heavy atom. The summed E-state index contributed by atoms with van der Waals surface area (Å²) < 4.78 is 9.58. The van der Waals surface area contributed by atoms with Gasteiger partial charge in [-0.2, -0.15) is 0 Å². The maximum Gasteiger partial charge on any atom is 0.111 e. The third-order valence-corrected chi connectivity index (χ3v) is 1.95. The third kappa shape index (κ3) is 3.87. The summed E-state index contributed by atoms with van der Waals surface area (Å²) in [6.45, 7) is -0.533. The first-order valence-electron chi connectivity index (χ1n) is 4.25. The Hall–Kier alpha value is -0.240. The maximum absolute atomic E-state index is 9.48. The van der Waals surface area contributed by atoms with Gasteiger partial charge in [0, 0.05) is 14.2 Å². The van der Waals surface area contributed by atoms with Crippen molar-refractivity contribution < 1.29 is 29.9 Å². The van der Waals surface area contributed by atoms with Crippen molar-refractivity contribution in [1.82, 2.24) is 0 Å². The number of hydrogen-bond acceptors (Lipinski definition) is 6. The molecule has 0 aromatic carbocycles. The number of aliphatic hydroxyl groups excluding tert-OH is 4. The lowest BCUT2D eigenvalue weighted by atomic mass is 10.0. The molecule has 0 aliphatic rings. The largest absolute Gasteiger partial charge is 0.394 e. The van der Waals surface area contributed by atoms with Crippen LogP contribution in [0.25, 0.3) is 0 Å². The molecule has 6 nitrogen and oxygen atoms in total. The van der Waals surface area contributed by atoms with E-state index in [4.69, 9.17) is 19.7 Å². The van der Waals surface area contributed by atoms with Crippen molar-refractivity contribution >= 4 is 0 Å². The van der Waals surface area contributed by atoms with E-state index in [1.54, 1.807) is 0 Å². The Labute approximate surface area is 82.7 Å². The minimum Gasteiger partial charge on any atom is -0.394 e. The summed E-state index contributed by atoms with van der Waals surface area (Å²) in [5.74, 6) is 0. The number of hydrogen-bond donors (Lipinski definition) is 4. The summed E-state index contributed by atoms with van der Waals surface area (Å²) in [6, 6.07) is 0. The SMILES string of the molecule is COC[C@@H](OC)[C@@H](O)[C@H](O)[C@H](O)CO. The molecule has 86 valence electrons. The third-order valence-electron chi connectivity index (χ3n) is 1.95. The van der Waals surface area contributed by atoms with Crippen LogP contribution in [-0.2, 0) is 9.47 Å². The molecule has 0 radical (unpaired) electrons. The lowest BCUT2D eigenvalue weighted by molar-refractivity contribution is -0.135. The number of rotatable bonds is 7. The Balaban J connectivity index is 4.17. The predicted molar refractivity (Wildman–Crippen MR) is 47.8 cm³/mol. The maximum atomic E-state index is 9.48. The lowest BCUT2D eigenvalue weighted by Crippen LogP contribution is -2.48. The first kappa shape index (κ1) is 13.8. The fraction of sp³-hybridized carbons (Fsp3) is 1.00. The van der Waals surface area contributed by atoms with Gasteiger partial charge < -0.3 is 29.9 Å². The minimum atomic E-state index is -1.46. The van der Waals surface area contributed by atoms with Gasteiger partial charge in [-0.3, -0.25) is 0 Å². The van der Waals surface area contributed by atoms with Crippen molar-refractivity contribution in [2.75, 3.05) is 27.4 Å². The molecule has 0 aromatic rings. The Kier molecular flexibility index (Phi) is 6.98. The molecule has 14 heavy (non-hydrogen) atoms. The zero-order valence-electron chi connectivity index (χ0n) is 8.33.